The third kappa shape index (κ3) is 5.67. The Morgan fingerprint density at radius 3 is 2.35 bits per heavy atom. The third-order valence-corrected chi connectivity index (χ3v) is 3.71. The first-order chi connectivity index (χ1) is 11.2. The van der Waals surface area contributed by atoms with Crippen molar-refractivity contribution in [2.45, 2.75) is 33.6 Å². The maximum atomic E-state index is 4.15. The molecule has 0 aliphatic heterocycles. The van der Waals surface area contributed by atoms with Gasteiger partial charge in [-0.1, -0.05) is 60.2 Å². The summed E-state index contributed by atoms with van der Waals surface area (Å²) >= 11 is 0. The van der Waals surface area contributed by atoms with Gasteiger partial charge in [-0.05, 0) is 55.9 Å². The van der Waals surface area contributed by atoms with Gasteiger partial charge in [-0.15, -0.1) is 0 Å². The first-order valence-corrected chi connectivity index (χ1v) is 8.03. The Morgan fingerprint density at radius 2 is 1.65 bits per heavy atom. The molecule has 23 heavy (non-hydrogen) atoms. The zero-order valence-electron chi connectivity index (χ0n) is 14.2. The highest BCUT2D eigenvalue weighted by atomic mass is 15.2. The van der Waals surface area contributed by atoms with Crippen molar-refractivity contribution in [1.82, 2.24) is 0 Å². The fraction of sp³-hybridized carbons (Fsp3) is 0.238. The van der Waals surface area contributed by atoms with Gasteiger partial charge in [0.2, 0.25) is 0 Å². The molecular formula is C21H24N2. The summed E-state index contributed by atoms with van der Waals surface area (Å²) in [4.78, 5) is 0. The van der Waals surface area contributed by atoms with E-state index in [-0.39, 0.29) is 0 Å². The van der Waals surface area contributed by atoms with Crippen LogP contribution in [0.5, 0.6) is 0 Å². The molecule has 0 aliphatic rings. The normalized spacial score (nSPS) is 12.0. The molecule has 2 nitrogen and oxygen atoms in total. The molecule has 0 spiro atoms. The predicted octanol–water partition coefficient (Wildman–Crippen LogP) is 5.27. The van der Waals surface area contributed by atoms with E-state index in [4.69, 9.17) is 0 Å². The van der Waals surface area contributed by atoms with Crippen LogP contribution in [0.25, 0.3) is 0 Å². The molecule has 0 N–H and O–H groups in total. The maximum Gasteiger partial charge on any atom is 0.0570 e. The highest BCUT2D eigenvalue weighted by Gasteiger charge is 1.94. The van der Waals surface area contributed by atoms with E-state index in [0.717, 1.165) is 24.0 Å². The topological polar surface area (TPSA) is 24.7 Å². The SMILES string of the molecule is C/C=C/CCc1ccc(C=NN=Cc2ccc(C)cc2C)cc1. The lowest BCUT2D eigenvalue weighted by atomic mass is 10.1. The Hall–Kier alpha value is -2.48. The van der Waals surface area contributed by atoms with Gasteiger partial charge in [-0.2, -0.15) is 10.2 Å². The smallest absolute Gasteiger partial charge is 0.0570 e. The van der Waals surface area contributed by atoms with Gasteiger partial charge in [0.05, 0.1) is 12.4 Å². The van der Waals surface area contributed by atoms with Crippen LogP contribution < -0.4 is 0 Å². The van der Waals surface area contributed by atoms with Gasteiger partial charge in [0.15, 0.2) is 0 Å². The highest BCUT2D eigenvalue weighted by Crippen LogP contribution is 2.08. The summed E-state index contributed by atoms with van der Waals surface area (Å²) in [6.45, 7) is 6.23. The standard InChI is InChI=1S/C21H24N2/c1-4-5-6-7-19-9-11-20(12-10-19)15-22-23-16-21-13-8-17(2)14-18(21)3/h4-5,8-16H,6-7H2,1-3H3/b5-4+,22-15?,23-16?. The first-order valence-electron chi connectivity index (χ1n) is 8.03. The van der Waals surface area contributed by atoms with E-state index >= 15 is 0 Å². The molecule has 0 saturated carbocycles. The molecule has 118 valence electrons. The van der Waals surface area contributed by atoms with Crippen LogP contribution in [0.2, 0.25) is 0 Å². The highest BCUT2D eigenvalue weighted by molar-refractivity contribution is 5.83. The second-order valence-electron chi connectivity index (χ2n) is 5.70. The summed E-state index contributed by atoms with van der Waals surface area (Å²) < 4.78 is 0. The average molecular weight is 304 g/mol. The minimum absolute atomic E-state index is 1.07. The molecule has 0 radical (unpaired) electrons. The number of benzene rings is 2. The molecule has 2 aromatic rings. The number of nitrogens with zero attached hydrogens (tertiary/aromatic N) is 2. The molecule has 0 unspecified atom stereocenters. The van der Waals surface area contributed by atoms with Crippen molar-refractivity contribution >= 4 is 12.4 Å². The molecule has 0 atom stereocenters. The molecule has 0 aromatic heterocycles. The monoisotopic (exact) mass is 304 g/mol. The van der Waals surface area contributed by atoms with Gasteiger partial charge in [0, 0.05) is 0 Å². The zero-order chi connectivity index (χ0) is 16.5. The summed E-state index contributed by atoms with van der Waals surface area (Å²) in [5, 5.41) is 8.28. The Kier molecular flexibility index (Phi) is 6.49. The molecule has 2 rings (SSSR count). The van der Waals surface area contributed by atoms with Crippen molar-refractivity contribution in [3.05, 3.63) is 82.4 Å². The van der Waals surface area contributed by atoms with Gasteiger partial charge in [-0.3, -0.25) is 0 Å². The van der Waals surface area contributed by atoms with Crippen molar-refractivity contribution < 1.29 is 0 Å². The van der Waals surface area contributed by atoms with Crippen molar-refractivity contribution in [1.29, 1.82) is 0 Å². The summed E-state index contributed by atoms with van der Waals surface area (Å²) in [6.07, 6.45) is 10.0. The lowest BCUT2D eigenvalue weighted by Gasteiger charge is -2.00. The Morgan fingerprint density at radius 1 is 0.913 bits per heavy atom. The fourth-order valence-corrected chi connectivity index (χ4v) is 2.35. The van der Waals surface area contributed by atoms with Crippen LogP contribution in [-0.2, 0) is 6.42 Å². The molecule has 0 bridgehead atoms. The lowest BCUT2D eigenvalue weighted by Crippen LogP contribution is -1.88. The molecule has 0 amide bonds. The van der Waals surface area contributed by atoms with Crippen LogP contribution in [-0.4, -0.2) is 12.4 Å². The van der Waals surface area contributed by atoms with Crippen molar-refractivity contribution in [3.63, 3.8) is 0 Å². The Bertz CT molecular complexity index is 707. The van der Waals surface area contributed by atoms with E-state index < -0.39 is 0 Å². The minimum Gasteiger partial charge on any atom is -0.159 e. The van der Waals surface area contributed by atoms with E-state index in [1.165, 1.54) is 16.7 Å². The van der Waals surface area contributed by atoms with E-state index in [0.29, 0.717) is 0 Å². The van der Waals surface area contributed by atoms with Gasteiger partial charge in [0.25, 0.3) is 0 Å². The number of aryl methyl sites for hydroxylation is 3. The van der Waals surface area contributed by atoms with Gasteiger partial charge in [0.1, 0.15) is 0 Å². The zero-order valence-corrected chi connectivity index (χ0v) is 14.2. The van der Waals surface area contributed by atoms with Gasteiger partial charge < -0.3 is 0 Å². The van der Waals surface area contributed by atoms with Crippen LogP contribution in [0.4, 0.5) is 0 Å². The second-order valence-corrected chi connectivity index (χ2v) is 5.70. The number of allylic oxidation sites excluding steroid dienone is 2. The van der Waals surface area contributed by atoms with E-state index in [2.05, 4.69) is 85.6 Å². The summed E-state index contributed by atoms with van der Waals surface area (Å²) in [5.41, 5.74) is 6.00. The molecule has 2 heteroatoms. The van der Waals surface area contributed by atoms with Crippen LogP contribution in [0, 0.1) is 13.8 Å². The van der Waals surface area contributed by atoms with Gasteiger partial charge in [-0.25, -0.2) is 0 Å². The molecule has 2 aromatic carbocycles. The fourth-order valence-electron chi connectivity index (χ4n) is 2.35. The van der Waals surface area contributed by atoms with Crippen LogP contribution in [0.15, 0.2) is 64.8 Å². The van der Waals surface area contributed by atoms with Crippen molar-refractivity contribution in [2.75, 3.05) is 0 Å². The summed E-state index contributed by atoms with van der Waals surface area (Å²) in [7, 11) is 0. The Balaban J connectivity index is 1.93. The van der Waals surface area contributed by atoms with E-state index in [1.54, 1.807) is 12.4 Å². The molecular weight excluding hydrogens is 280 g/mol. The van der Waals surface area contributed by atoms with E-state index in [1.807, 2.05) is 0 Å². The van der Waals surface area contributed by atoms with Gasteiger partial charge >= 0.3 is 0 Å². The number of hydrogen-bond donors (Lipinski definition) is 0. The average Bonchev–Trinajstić information content (AvgIpc) is 2.55. The van der Waals surface area contributed by atoms with Crippen molar-refractivity contribution in [2.24, 2.45) is 10.2 Å². The summed E-state index contributed by atoms with van der Waals surface area (Å²) in [6, 6.07) is 14.8. The Labute approximate surface area is 139 Å². The van der Waals surface area contributed by atoms with Crippen LogP contribution in [0.3, 0.4) is 0 Å². The second kappa shape index (κ2) is 8.84. The first kappa shape index (κ1) is 16.9. The third-order valence-electron chi connectivity index (χ3n) is 3.71. The molecule has 0 aliphatic carbocycles. The summed E-state index contributed by atoms with van der Waals surface area (Å²) in [5.74, 6) is 0. The quantitative estimate of drug-likeness (QED) is 0.395. The van der Waals surface area contributed by atoms with E-state index in [9.17, 15) is 0 Å². The molecule has 0 heterocycles. The number of hydrogen-bond acceptors (Lipinski definition) is 2. The lowest BCUT2D eigenvalue weighted by molar-refractivity contribution is 0.999. The molecule has 0 fully saturated rings. The molecule has 0 saturated heterocycles. The van der Waals surface area contributed by atoms with Crippen LogP contribution in [0.1, 0.15) is 41.2 Å². The minimum atomic E-state index is 1.07. The van der Waals surface area contributed by atoms with Crippen molar-refractivity contribution in [3.8, 4) is 0 Å². The largest absolute Gasteiger partial charge is 0.159 e. The predicted molar refractivity (Wildman–Crippen MR) is 101 cm³/mol. The number of rotatable bonds is 6. The maximum absolute atomic E-state index is 4.15. The van der Waals surface area contributed by atoms with Crippen LogP contribution >= 0.6 is 0 Å².